The molecule has 0 amide bonds. The normalized spacial score (nSPS) is 12.3. The van der Waals surface area contributed by atoms with E-state index in [2.05, 4.69) is 38.9 Å². The van der Waals surface area contributed by atoms with Gasteiger partial charge in [-0.25, -0.2) is 4.98 Å². The minimum absolute atomic E-state index is 0.130. The molecule has 4 rings (SSSR count). The van der Waals surface area contributed by atoms with Crippen LogP contribution in [0.4, 0.5) is 5.95 Å². The molecule has 31 heavy (non-hydrogen) atoms. The number of imidazole rings is 1. The molecule has 2 aromatic carbocycles. The van der Waals surface area contributed by atoms with E-state index in [1.807, 2.05) is 49.5 Å². The number of aromatic amines is 1. The summed E-state index contributed by atoms with van der Waals surface area (Å²) in [6.07, 6.45) is 1.67. The molecule has 2 aromatic heterocycles. The number of H-pyrrole nitrogens is 1. The number of nitrogens with one attached hydrogen (secondary N) is 1. The third kappa shape index (κ3) is 4.69. The van der Waals surface area contributed by atoms with Crippen LogP contribution in [0.25, 0.3) is 22.4 Å². The Morgan fingerprint density at radius 1 is 1.16 bits per heavy atom. The van der Waals surface area contributed by atoms with Crippen molar-refractivity contribution in [3.63, 3.8) is 0 Å². The average molecular weight is 422 g/mol. The fraction of sp³-hybridized carbons (Fsp3) is 0.348. The predicted molar refractivity (Wildman–Crippen MR) is 119 cm³/mol. The van der Waals surface area contributed by atoms with Crippen LogP contribution in [0.2, 0.25) is 0 Å². The van der Waals surface area contributed by atoms with Crippen molar-refractivity contribution in [1.29, 1.82) is 0 Å². The van der Waals surface area contributed by atoms with Gasteiger partial charge in [-0.3, -0.25) is 0 Å². The molecule has 4 aromatic rings. The van der Waals surface area contributed by atoms with E-state index in [-0.39, 0.29) is 13.2 Å². The van der Waals surface area contributed by atoms with Crippen molar-refractivity contribution in [2.45, 2.75) is 39.3 Å². The molecule has 8 nitrogen and oxygen atoms in total. The highest BCUT2D eigenvalue weighted by atomic mass is 16.5. The smallest absolute Gasteiger partial charge is 0.264 e. The summed E-state index contributed by atoms with van der Waals surface area (Å²) in [5.74, 6) is 2.45. The molecular formula is C23H27N5O3. The second kappa shape index (κ2) is 9.18. The molecule has 0 saturated carbocycles. The summed E-state index contributed by atoms with van der Waals surface area (Å²) in [6, 6.07) is 13.8. The number of benzene rings is 2. The molecule has 0 radical (unpaired) electrons. The minimum Gasteiger partial charge on any atom is -0.484 e. The lowest BCUT2D eigenvalue weighted by molar-refractivity contribution is 0.243. The maximum Gasteiger partial charge on any atom is 0.264 e. The van der Waals surface area contributed by atoms with Crippen molar-refractivity contribution < 1.29 is 14.4 Å². The van der Waals surface area contributed by atoms with Crippen LogP contribution >= 0.6 is 0 Å². The van der Waals surface area contributed by atoms with Crippen LogP contribution in [-0.4, -0.2) is 44.9 Å². The molecule has 0 aliphatic rings. The van der Waals surface area contributed by atoms with E-state index in [0.717, 1.165) is 34.5 Å². The summed E-state index contributed by atoms with van der Waals surface area (Å²) in [5.41, 5.74) is 3.72. The molecule has 8 heteroatoms. The molecule has 2 heterocycles. The van der Waals surface area contributed by atoms with Gasteiger partial charge in [0.25, 0.3) is 5.89 Å². The maximum atomic E-state index is 8.99. The SMILES string of the molecule is CCC(C)N(C)c1nc2ccc(-c3noc(COc4ccc(CCO)cc4)n3)cc2[nH]1. The Hall–Kier alpha value is -3.39. The van der Waals surface area contributed by atoms with E-state index >= 15 is 0 Å². The molecule has 162 valence electrons. The number of rotatable bonds is 9. The first kappa shape index (κ1) is 20.9. The van der Waals surface area contributed by atoms with Crippen LogP contribution in [0, 0.1) is 0 Å². The van der Waals surface area contributed by atoms with Crippen LogP contribution in [0.5, 0.6) is 5.75 Å². The highest BCUT2D eigenvalue weighted by molar-refractivity contribution is 5.82. The number of aliphatic hydroxyl groups excluding tert-OH is 1. The lowest BCUT2D eigenvalue weighted by atomic mass is 10.1. The summed E-state index contributed by atoms with van der Waals surface area (Å²) in [7, 11) is 2.04. The van der Waals surface area contributed by atoms with E-state index in [1.165, 1.54) is 0 Å². The summed E-state index contributed by atoms with van der Waals surface area (Å²) in [5, 5.41) is 13.1. The predicted octanol–water partition coefficient (Wildman–Crippen LogP) is 3.96. The fourth-order valence-corrected chi connectivity index (χ4v) is 3.24. The highest BCUT2D eigenvalue weighted by Crippen LogP contribution is 2.24. The van der Waals surface area contributed by atoms with Gasteiger partial charge in [0.1, 0.15) is 5.75 Å². The van der Waals surface area contributed by atoms with Gasteiger partial charge < -0.3 is 24.3 Å². The molecule has 0 aliphatic heterocycles. The first-order chi connectivity index (χ1) is 15.1. The molecule has 2 N–H and O–H groups in total. The Labute approximate surface area is 180 Å². The van der Waals surface area contributed by atoms with E-state index in [1.54, 1.807) is 0 Å². The van der Waals surface area contributed by atoms with Crippen molar-refractivity contribution in [1.82, 2.24) is 20.1 Å². The van der Waals surface area contributed by atoms with Crippen LogP contribution in [0.15, 0.2) is 47.0 Å². The van der Waals surface area contributed by atoms with Gasteiger partial charge >= 0.3 is 0 Å². The van der Waals surface area contributed by atoms with Crippen LogP contribution < -0.4 is 9.64 Å². The molecule has 1 unspecified atom stereocenters. The number of hydrogen-bond acceptors (Lipinski definition) is 7. The van der Waals surface area contributed by atoms with Gasteiger partial charge in [0.05, 0.1) is 11.0 Å². The average Bonchev–Trinajstić information content (AvgIpc) is 3.44. The second-order valence-electron chi connectivity index (χ2n) is 7.58. The molecular weight excluding hydrogens is 394 g/mol. The number of fused-ring (bicyclic) bond motifs is 1. The van der Waals surface area contributed by atoms with Crippen molar-refractivity contribution in [2.75, 3.05) is 18.6 Å². The molecule has 0 aliphatic carbocycles. The Morgan fingerprint density at radius 2 is 1.97 bits per heavy atom. The Kier molecular flexibility index (Phi) is 6.18. The van der Waals surface area contributed by atoms with Crippen LogP contribution in [0.3, 0.4) is 0 Å². The van der Waals surface area contributed by atoms with E-state index < -0.39 is 0 Å². The van der Waals surface area contributed by atoms with E-state index in [4.69, 9.17) is 14.4 Å². The number of anilines is 1. The summed E-state index contributed by atoms with van der Waals surface area (Å²) in [6.45, 7) is 4.64. The highest BCUT2D eigenvalue weighted by Gasteiger charge is 2.14. The topological polar surface area (TPSA) is 100 Å². The summed E-state index contributed by atoms with van der Waals surface area (Å²) >= 11 is 0. The maximum absolute atomic E-state index is 8.99. The van der Waals surface area contributed by atoms with Crippen molar-refractivity contribution in [3.05, 3.63) is 53.9 Å². The number of nitrogens with zero attached hydrogens (tertiary/aromatic N) is 4. The zero-order chi connectivity index (χ0) is 21.8. The zero-order valence-corrected chi connectivity index (χ0v) is 18.0. The third-order valence-electron chi connectivity index (χ3n) is 5.47. The van der Waals surface area contributed by atoms with Gasteiger partial charge in [-0.05, 0) is 55.7 Å². The standard InChI is InChI=1S/C23H27N5O3/c1-4-15(2)28(3)23-24-19-10-7-17(13-20(19)25-23)22-26-21(31-27-22)14-30-18-8-5-16(6-9-18)11-12-29/h5-10,13,15,29H,4,11-12,14H2,1-3H3,(H,24,25). The van der Waals surface area contributed by atoms with E-state index in [0.29, 0.717) is 29.9 Å². The van der Waals surface area contributed by atoms with Crippen LogP contribution in [-0.2, 0) is 13.0 Å². The number of aliphatic hydroxyl groups is 1. The fourth-order valence-electron chi connectivity index (χ4n) is 3.24. The number of aromatic nitrogens is 4. The minimum atomic E-state index is 0.130. The van der Waals surface area contributed by atoms with E-state index in [9.17, 15) is 0 Å². The Balaban J connectivity index is 1.45. The van der Waals surface area contributed by atoms with Gasteiger partial charge in [0.15, 0.2) is 6.61 Å². The zero-order valence-electron chi connectivity index (χ0n) is 18.0. The second-order valence-corrected chi connectivity index (χ2v) is 7.58. The Bertz CT molecular complexity index is 1140. The monoisotopic (exact) mass is 421 g/mol. The van der Waals surface area contributed by atoms with Gasteiger partial charge in [-0.15, -0.1) is 0 Å². The molecule has 1 atom stereocenters. The van der Waals surface area contributed by atoms with Crippen molar-refractivity contribution >= 4 is 17.0 Å². The lowest BCUT2D eigenvalue weighted by Gasteiger charge is -2.22. The largest absolute Gasteiger partial charge is 0.484 e. The van der Waals surface area contributed by atoms with Gasteiger partial charge in [-0.2, -0.15) is 4.98 Å². The number of ether oxygens (including phenoxy) is 1. The molecule has 0 spiro atoms. The quantitative estimate of drug-likeness (QED) is 0.422. The molecule has 0 fully saturated rings. The van der Waals surface area contributed by atoms with Gasteiger partial charge in [0.2, 0.25) is 11.8 Å². The Morgan fingerprint density at radius 3 is 2.71 bits per heavy atom. The first-order valence-corrected chi connectivity index (χ1v) is 10.5. The molecule has 0 bridgehead atoms. The van der Waals surface area contributed by atoms with Crippen molar-refractivity contribution in [2.24, 2.45) is 0 Å². The molecule has 0 saturated heterocycles. The van der Waals surface area contributed by atoms with Crippen LogP contribution in [0.1, 0.15) is 31.7 Å². The van der Waals surface area contributed by atoms with Gasteiger partial charge in [0, 0.05) is 25.3 Å². The van der Waals surface area contributed by atoms with Gasteiger partial charge in [-0.1, -0.05) is 24.2 Å². The number of hydrogen-bond donors (Lipinski definition) is 2. The summed E-state index contributed by atoms with van der Waals surface area (Å²) in [4.78, 5) is 14.6. The summed E-state index contributed by atoms with van der Waals surface area (Å²) < 4.78 is 11.1. The lowest BCUT2D eigenvalue weighted by Crippen LogP contribution is -2.28. The third-order valence-corrected chi connectivity index (χ3v) is 5.47. The van der Waals surface area contributed by atoms with Crippen molar-refractivity contribution in [3.8, 4) is 17.1 Å². The first-order valence-electron chi connectivity index (χ1n) is 10.5.